The number of hydrogen-bond donors (Lipinski definition) is 1. The Morgan fingerprint density at radius 2 is 2.35 bits per heavy atom. The first-order chi connectivity index (χ1) is 9.47. The predicted molar refractivity (Wildman–Crippen MR) is 76.5 cm³/mol. The smallest absolute Gasteiger partial charge is 0.347 e. The van der Waals surface area contributed by atoms with Gasteiger partial charge in [-0.25, -0.2) is 9.78 Å². The number of rotatable bonds is 4. The molecule has 1 aromatic heterocycles. The Labute approximate surface area is 125 Å². The minimum atomic E-state index is -0.972. The van der Waals surface area contributed by atoms with Crippen LogP contribution in [0.1, 0.15) is 22.3 Å². The van der Waals surface area contributed by atoms with Crippen molar-refractivity contribution in [2.75, 3.05) is 25.4 Å². The molecule has 1 unspecified atom stereocenters. The van der Waals surface area contributed by atoms with Gasteiger partial charge in [0.2, 0.25) is 5.91 Å². The van der Waals surface area contributed by atoms with Crippen LogP contribution in [0.15, 0.2) is 4.34 Å². The first-order valence-corrected chi connectivity index (χ1v) is 8.00. The fourth-order valence-corrected chi connectivity index (χ4v) is 3.82. The number of carbonyl (C=O) groups excluding carboxylic acids is 1. The molecule has 1 aliphatic rings. The third-order valence-electron chi connectivity index (χ3n) is 2.88. The number of carboxylic acids is 1. The second-order valence-electron chi connectivity index (χ2n) is 4.51. The number of nitrogens with zero attached hydrogens (tertiary/aromatic N) is 2. The number of carboxylic acid groups (broad SMARTS) is 1. The summed E-state index contributed by atoms with van der Waals surface area (Å²) in [6.07, 6.45) is 0.0680. The number of aromatic carboxylic acids is 1. The molecule has 1 aliphatic heterocycles. The van der Waals surface area contributed by atoms with Gasteiger partial charge in [-0.15, -0.1) is 11.3 Å². The molecule has 2 rings (SSSR count). The van der Waals surface area contributed by atoms with Gasteiger partial charge >= 0.3 is 5.97 Å². The van der Waals surface area contributed by atoms with Crippen LogP contribution < -0.4 is 0 Å². The second kappa shape index (κ2) is 6.55. The van der Waals surface area contributed by atoms with Gasteiger partial charge in [0.05, 0.1) is 24.2 Å². The van der Waals surface area contributed by atoms with Crippen LogP contribution in [-0.2, 0) is 9.53 Å². The van der Waals surface area contributed by atoms with Gasteiger partial charge in [0.15, 0.2) is 4.34 Å². The minimum absolute atomic E-state index is 0.0369. The zero-order valence-corrected chi connectivity index (χ0v) is 12.9. The highest BCUT2D eigenvalue weighted by Crippen LogP contribution is 2.27. The van der Waals surface area contributed by atoms with Crippen LogP contribution in [0, 0.1) is 6.92 Å². The van der Waals surface area contributed by atoms with E-state index < -0.39 is 5.97 Å². The third kappa shape index (κ3) is 3.71. The average Bonchev–Trinajstić information content (AvgIpc) is 2.77. The molecule has 0 aliphatic carbocycles. The van der Waals surface area contributed by atoms with E-state index in [9.17, 15) is 9.59 Å². The minimum Gasteiger partial charge on any atom is -0.477 e. The van der Waals surface area contributed by atoms with E-state index in [-0.39, 0.29) is 22.6 Å². The lowest BCUT2D eigenvalue weighted by Gasteiger charge is -2.31. The molecule has 1 fully saturated rings. The standard InChI is InChI=1S/C12H16N2O4S2/c1-7-5-14(3-4-18-7)9(15)6-19-12-13-8(2)10(20-12)11(16)17/h7H,3-6H2,1-2H3,(H,16,17). The molecule has 1 aromatic rings. The van der Waals surface area contributed by atoms with Crippen molar-refractivity contribution in [1.82, 2.24) is 9.88 Å². The Bertz CT molecular complexity index is 518. The number of morpholine rings is 1. The van der Waals surface area contributed by atoms with Crippen LogP contribution in [0.4, 0.5) is 0 Å². The third-order valence-corrected chi connectivity index (χ3v) is 5.16. The fraction of sp³-hybridized carbons (Fsp3) is 0.583. The van der Waals surface area contributed by atoms with Crippen LogP contribution in [0.2, 0.25) is 0 Å². The molecule has 2 heterocycles. The van der Waals surface area contributed by atoms with Crippen LogP contribution in [-0.4, -0.2) is 58.4 Å². The van der Waals surface area contributed by atoms with E-state index in [0.717, 1.165) is 11.3 Å². The molecule has 0 aromatic carbocycles. The second-order valence-corrected chi connectivity index (χ2v) is 6.73. The van der Waals surface area contributed by atoms with Crippen molar-refractivity contribution in [3.63, 3.8) is 0 Å². The first kappa shape index (κ1) is 15.3. The van der Waals surface area contributed by atoms with Crippen molar-refractivity contribution in [3.05, 3.63) is 10.6 Å². The summed E-state index contributed by atoms with van der Waals surface area (Å²) in [6.45, 7) is 5.39. The monoisotopic (exact) mass is 316 g/mol. The highest BCUT2D eigenvalue weighted by molar-refractivity contribution is 8.01. The Hall–Kier alpha value is -1.12. The maximum Gasteiger partial charge on any atom is 0.347 e. The number of carbonyl (C=O) groups is 2. The summed E-state index contributed by atoms with van der Waals surface area (Å²) in [6, 6.07) is 0. The largest absolute Gasteiger partial charge is 0.477 e. The van der Waals surface area contributed by atoms with Gasteiger partial charge in [-0.3, -0.25) is 4.79 Å². The lowest BCUT2D eigenvalue weighted by Crippen LogP contribution is -2.45. The van der Waals surface area contributed by atoms with Crippen molar-refractivity contribution >= 4 is 35.0 Å². The van der Waals surface area contributed by atoms with Crippen LogP contribution >= 0.6 is 23.1 Å². The lowest BCUT2D eigenvalue weighted by atomic mass is 10.3. The maximum absolute atomic E-state index is 12.1. The van der Waals surface area contributed by atoms with E-state index in [4.69, 9.17) is 9.84 Å². The Kier molecular flexibility index (Phi) is 5.00. The summed E-state index contributed by atoms with van der Waals surface area (Å²) in [4.78, 5) is 29.2. The summed E-state index contributed by atoms with van der Waals surface area (Å²) in [5.41, 5.74) is 0.498. The molecule has 1 N–H and O–H groups in total. The Morgan fingerprint density at radius 3 is 2.95 bits per heavy atom. The van der Waals surface area contributed by atoms with Gasteiger partial charge in [-0.2, -0.15) is 0 Å². The summed E-state index contributed by atoms with van der Waals surface area (Å²) < 4.78 is 6.01. The lowest BCUT2D eigenvalue weighted by molar-refractivity contribution is -0.135. The zero-order valence-electron chi connectivity index (χ0n) is 11.3. The molecule has 0 radical (unpaired) electrons. The van der Waals surface area contributed by atoms with Crippen LogP contribution in [0.25, 0.3) is 0 Å². The van der Waals surface area contributed by atoms with Crippen LogP contribution in [0.3, 0.4) is 0 Å². The van der Waals surface area contributed by atoms with E-state index >= 15 is 0 Å². The van der Waals surface area contributed by atoms with Crippen molar-refractivity contribution in [2.45, 2.75) is 24.3 Å². The molecule has 20 heavy (non-hydrogen) atoms. The van der Waals surface area contributed by atoms with Gasteiger partial charge < -0.3 is 14.7 Å². The molecule has 0 bridgehead atoms. The van der Waals surface area contributed by atoms with E-state index in [1.54, 1.807) is 11.8 Å². The molecule has 1 atom stereocenters. The highest BCUT2D eigenvalue weighted by Gasteiger charge is 2.22. The normalized spacial score (nSPS) is 19.1. The number of amides is 1. The molecular weight excluding hydrogens is 300 g/mol. The van der Waals surface area contributed by atoms with Crippen molar-refractivity contribution in [1.29, 1.82) is 0 Å². The van der Waals surface area contributed by atoms with Crippen molar-refractivity contribution in [3.8, 4) is 0 Å². The van der Waals surface area contributed by atoms with E-state index in [1.165, 1.54) is 11.8 Å². The van der Waals surface area contributed by atoms with Gasteiger partial charge in [-0.05, 0) is 13.8 Å². The predicted octanol–water partition coefficient (Wildman–Crippen LogP) is 1.49. The quantitative estimate of drug-likeness (QED) is 0.848. The number of ether oxygens (including phenoxy) is 1. The zero-order chi connectivity index (χ0) is 14.7. The van der Waals surface area contributed by atoms with E-state index in [1.807, 2.05) is 6.92 Å². The number of aromatic nitrogens is 1. The first-order valence-electron chi connectivity index (χ1n) is 6.20. The molecule has 6 nitrogen and oxygen atoms in total. The van der Waals surface area contributed by atoms with Crippen molar-refractivity contribution in [2.24, 2.45) is 0 Å². The maximum atomic E-state index is 12.1. The topological polar surface area (TPSA) is 79.7 Å². The molecule has 8 heteroatoms. The highest BCUT2D eigenvalue weighted by atomic mass is 32.2. The molecule has 110 valence electrons. The Balaban J connectivity index is 1.90. The summed E-state index contributed by atoms with van der Waals surface area (Å²) >= 11 is 2.40. The molecule has 0 saturated carbocycles. The molecular formula is C12H16N2O4S2. The SMILES string of the molecule is Cc1nc(SCC(=O)N2CCOC(C)C2)sc1C(=O)O. The van der Waals surface area contributed by atoms with E-state index in [2.05, 4.69) is 4.98 Å². The van der Waals surface area contributed by atoms with Crippen molar-refractivity contribution < 1.29 is 19.4 Å². The summed E-state index contributed by atoms with van der Waals surface area (Å²) in [5.74, 6) is -0.659. The molecule has 1 saturated heterocycles. The molecule has 1 amide bonds. The number of aryl methyl sites for hydroxylation is 1. The fourth-order valence-electron chi connectivity index (χ4n) is 1.89. The van der Waals surface area contributed by atoms with Gasteiger partial charge in [0, 0.05) is 13.1 Å². The summed E-state index contributed by atoms with van der Waals surface area (Å²) in [7, 11) is 0. The molecule has 0 spiro atoms. The van der Waals surface area contributed by atoms with Gasteiger partial charge in [-0.1, -0.05) is 11.8 Å². The number of thiazole rings is 1. The van der Waals surface area contributed by atoms with Gasteiger partial charge in [0.25, 0.3) is 0 Å². The Morgan fingerprint density at radius 1 is 1.60 bits per heavy atom. The number of thioether (sulfide) groups is 1. The summed E-state index contributed by atoms with van der Waals surface area (Å²) in [5, 5.41) is 8.96. The van der Waals surface area contributed by atoms with E-state index in [0.29, 0.717) is 29.7 Å². The number of hydrogen-bond acceptors (Lipinski definition) is 6. The van der Waals surface area contributed by atoms with Gasteiger partial charge in [0.1, 0.15) is 4.88 Å². The van der Waals surface area contributed by atoms with Crippen LogP contribution in [0.5, 0.6) is 0 Å². The average molecular weight is 316 g/mol.